The zero-order valence-corrected chi connectivity index (χ0v) is 17.6. The molecule has 1 N–H and O–H groups in total. The summed E-state index contributed by atoms with van der Waals surface area (Å²) >= 11 is 9.10. The highest BCUT2D eigenvalue weighted by atomic mass is 79.9. The van der Waals surface area contributed by atoms with Crippen LogP contribution in [0.5, 0.6) is 0 Å². The van der Waals surface area contributed by atoms with Gasteiger partial charge in [0.1, 0.15) is 5.02 Å². The quantitative estimate of drug-likeness (QED) is 0.278. The first kappa shape index (κ1) is 21.5. The maximum Gasteiger partial charge on any atom is 0.339 e. The van der Waals surface area contributed by atoms with Crippen LogP contribution in [0.2, 0.25) is 5.02 Å². The van der Waals surface area contributed by atoms with Gasteiger partial charge in [-0.05, 0) is 36.4 Å². The van der Waals surface area contributed by atoms with Crippen LogP contribution in [0.1, 0.15) is 22.0 Å². The highest BCUT2D eigenvalue weighted by Gasteiger charge is 2.26. The summed E-state index contributed by atoms with van der Waals surface area (Å²) in [5, 5.41) is 13.6. The minimum absolute atomic E-state index is 0.0562. The number of rotatable bonds is 6. The lowest BCUT2D eigenvalue weighted by atomic mass is 10.1. The average Bonchev–Trinajstić information content (AvgIpc) is 2.74. The van der Waals surface area contributed by atoms with Gasteiger partial charge in [-0.15, -0.1) is 0 Å². The lowest BCUT2D eigenvalue weighted by Crippen LogP contribution is -2.26. The number of hydrogen-bond donors (Lipinski definition) is 1. The Labute approximate surface area is 184 Å². The number of carbonyl (C=O) groups excluding carboxylic acids is 2. The number of esters is 1. The van der Waals surface area contributed by atoms with Crippen molar-refractivity contribution in [3.8, 4) is 0 Å². The number of nitro benzene ring substituents is 1. The molecular weight excluding hydrogens is 476 g/mol. The molecule has 1 unspecified atom stereocenters. The number of ether oxygens (including phenoxy) is 1. The Morgan fingerprint density at radius 2 is 1.70 bits per heavy atom. The Morgan fingerprint density at radius 3 is 2.33 bits per heavy atom. The Morgan fingerprint density at radius 1 is 1.03 bits per heavy atom. The van der Waals surface area contributed by atoms with Gasteiger partial charge in [0.05, 0.1) is 10.5 Å². The second-order valence-electron chi connectivity index (χ2n) is 6.12. The highest BCUT2D eigenvalue weighted by Crippen LogP contribution is 2.29. The molecule has 0 bridgehead atoms. The molecule has 0 saturated carbocycles. The summed E-state index contributed by atoms with van der Waals surface area (Å²) in [5.41, 5.74) is 0.521. The third kappa shape index (κ3) is 5.22. The smallest absolute Gasteiger partial charge is 0.339 e. The zero-order chi connectivity index (χ0) is 21.7. The van der Waals surface area contributed by atoms with Crippen molar-refractivity contribution in [3.05, 3.63) is 104 Å². The van der Waals surface area contributed by atoms with Crippen molar-refractivity contribution in [2.45, 2.75) is 6.10 Å². The maximum atomic E-state index is 12.9. The largest absolute Gasteiger partial charge is 0.444 e. The number of carbonyl (C=O) groups is 2. The monoisotopic (exact) mass is 488 g/mol. The molecule has 0 radical (unpaired) electrons. The van der Waals surface area contributed by atoms with Gasteiger partial charge in [0.2, 0.25) is 6.10 Å². The Balaban J connectivity index is 1.86. The zero-order valence-electron chi connectivity index (χ0n) is 15.2. The van der Waals surface area contributed by atoms with Crippen molar-refractivity contribution in [1.29, 1.82) is 0 Å². The van der Waals surface area contributed by atoms with Gasteiger partial charge in [0.15, 0.2) is 0 Å². The predicted octanol–water partition coefficient (Wildman–Crippen LogP) is 5.55. The molecule has 0 fully saturated rings. The van der Waals surface area contributed by atoms with Gasteiger partial charge in [-0.1, -0.05) is 57.9 Å². The molecule has 3 rings (SSSR count). The second kappa shape index (κ2) is 9.51. The van der Waals surface area contributed by atoms with E-state index >= 15 is 0 Å². The van der Waals surface area contributed by atoms with Crippen LogP contribution in [0.3, 0.4) is 0 Å². The van der Waals surface area contributed by atoms with E-state index in [1.165, 1.54) is 12.1 Å². The molecule has 1 amide bonds. The van der Waals surface area contributed by atoms with Crippen LogP contribution in [0.25, 0.3) is 0 Å². The second-order valence-corrected chi connectivity index (χ2v) is 7.44. The van der Waals surface area contributed by atoms with Crippen LogP contribution in [0.15, 0.2) is 77.3 Å². The first-order valence-corrected chi connectivity index (χ1v) is 9.78. The van der Waals surface area contributed by atoms with Crippen molar-refractivity contribution < 1.29 is 19.2 Å². The van der Waals surface area contributed by atoms with Gasteiger partial charge in [0, 0.05) is 21.8 Å². The van der Waals surface area contributed by atoms with E-state index in [1.54, 1.807) is 54.6 Å². The average molecular weight is 490 g/mol. The number of benzene rings is 3. The molecule has 0 saturated heterocycles. The molecule has 3 aromatic carbocycles. The van der Waals surface area contributed by atoms with Crippen molar-refractivity contribution in [1.82, 2.24) is 0 Å². The van der Waals surface area contributed by atoms with E-state index in [0.29, 0.717) is 5.56 Å². The molecule has 1 atom stereocenters. The Bertz CT molecular complexity index is 1090. The molecule has 7 nitrogen and oxygen atoms in total. The normalized spacial score (nSPS) is 11.4. The van der Waals surface area contributed by atoms with Crippen LogP contribution < -0.4 is 5.32 Å². The predicted molar refractivity (Wildman–Crippen MR) is 115 cm³/mol. The van der Waals surface area contributed by atoms with Crippen LogP contribution in [-0.2, 0) is 9.53 Å². The first-order chi connectivity index (χ1) is 14.3. The van der Waals surface area contributed by atoms with Crippen molar-refractivity contribution >= 4 is 50.8 Å². The first-order valence-electron chi connectivity index (χ1n) is 8.61. The van der Waals surface area contributed by atoms with E-state index in [4.69, 9.17) is 16.3 Å². The van der Waals surface area contributed by atoms with Crippen LogP contribution in [0, 0.1) is 10.1 Å². The summed E-state index contributed by atoms with van der Waals surface area (Å²) in [7, 11) is 0. The molecule has 0 aliphatic rings. The van der Waals surface area contributed by atoms with Gasteiger partial charge in [-0.25, -0.2) is 4.79 Å². The fourth-order valence-corrected chi connectivity index (χ4v) is 3.05. The highest BCUT2D eigenvalue weighted by molar-refractivity contribution is 9.10. The van der Waals surface area contributed by atoms with Crippen LogP contribution >= 0.6 is 27.5 Å². The number of anilines is 1. The maximum absolute atomic E-state index is 12.9. The topological polar surface area (TPSA) is 98.5 Å². The number of amides is 1. The molecule has 3 aromatic rings. The summed E-state index contributed by atoms with van der Waals surface area (Å²) < 4.78 is 6.26. The number of nitrogens with one attached hydrogen (secondary N) is 1. The summed E-state index contributed by atoms with van der Waals surface area (Å²) in [5.74, 6) is -1.35. The van der Waals surface area contributed by atoms with Crippen molar-refractivity contribution in [2.24, 2.45) is 0 Å². The van der Waals surface area contributed by atoms with E-state index in [0.717, 1.165) is 10.5 Å². The fourth-order valence-electron chi connectivity index (χ4n) is 2.60. The molecule has 0 aliphatic heterocycles. The molecule has 0 heterocycles. The van der Waals surface area contributed by atoms with Crippen molar-refractivity contribution in [3.63, 3.8) is 0 Å². The van der Waals surface area contributed by atoms with Crippen molar-refractivity contribution in [2.75, 3.05) is 5.32 Å². The standard InChI is InChI=1S/C21H14BrClN2O5/c22-15-8-6-14(7-9-15)21(27)30-19(13-4-2-1-3-5-13)20(26)24-16-10-11-17(23)18(12-16)25(28)29/h1-12,19H,(H,24,26). The van der Waals surface area contributed by atoms with E-state index in [9.17, 15) is 19.7 Å². The minimum atomic E-state index is -1.27. The van der Waals surface area contributed by atoms with Crippen LogP contribution in [-0.4, -0.2) is 16.8 Å². The molecule has 0 aliphatic carbocycles. The third-order valence-corrected chi connectivity index (χ3v) is 4.90. The Hall–Kier alpha value is -3.23. The fraction of sp³-hybridized carbons (Fsp3) is 0.0476. The lowest BCUT2D eigenvalue weighted by Gasteiger charge is -2.18. The van der Waals surface area contributed by atoms with Gasteiger partial charge in [-0.2, -0.15) is 0 Å². The minimum Gasteiger partial charge on any atom is -0.444 e. The van der Waals surface area contributed by atoms with Gasteiger partial charge >= 0.3 is 5.97 Å². The Kier molecular flexibility index (Phi) is 6.81. The summed E-state index contributed by atoms with van der Waals surface area (Å²) in [6.45, 7) is 0. The number of nitro groups is 1. The molecule has 9 heteroatoms. The van der Waals surface area contributed by atoms with E-state index < -0.39 is 22.9 Å². The van der Waals surface area contributed by atoms with Gasteiger partial charge < -0.3 is 10.1 Å². The molecular formula is C21H14BrClN2O5. The molecule has 0 spiro atoms. The van der Waals surface area contributed by atoms with Gasteiger partial charge in [-0.3, -0.25) is 14.9 Å². The summed E-state index contributed by atoms with van der Waals surface area (Å²) in [6.07, 6.45) is -1.27. The molecule has 0 aromatic heterocycles. The summed E-state index contributed by atoms with van der Waals surface area (Å²) in [6, 6.07) is 18.8. The number of nitrogens with zero attached hydrogens (tertiary/aromatic N) is 1. The van der Waals surface area contributed by atoms with E-state index in [1.807, 2.05) is 0 Å². The summed E-state index contributed by atoms with van der Waals surface area (Å²) in [4.78, 5) is 35.9. The molecule has 152 valence electrons. The van der Waals surface area contributed by atoms with Gasteiger partial charge in [0.25, 0.3) is 11.6 Å². The van der Waals surface area contributed by atoms with E-state index in [-0.39, 0.29) is 22.0 Å². The molecule has 30 heavy (non-hydrogen) atoms. The third-order valence-electron chi connectivity index (χ3n) is 4.06. The van der Waals surface area contributed by atoms with Crippen LogP contribution in [0.4, 0.5) is 11.4 Å². The number of halogens is 2. The van der Waals surface area contributed by atoms with E-state index in [2.05, 4.69) is 21.2 Å². The SMILES string of the molecule is O=C(OC(C(=O)Nc1ccc(Cl)c([N+](=O)[O-])c1)c1ccccc1)c1ccc(Br)cc1. The number of hydrogen-bond acceptors (Lipinski definition) is 5. The lowest BCUT2D eigenvalue weighted by molar-refractivity contribution is -0.384.